The number of hydrogen-bond donors (Lipinski definition) is 1. The highest BCUT2D eigenvalue weighted by atomic mass is 16.3. The molecule has 2 unspecified atom stereocenters. The maximum Gasteiger partial charge on any atom is 0.237 e. The molecule has 0 saturated carbocycles. The van der Waals surface area contributed by atoms with E-state index in [2.05, 4.69) is 0 Å². The summed E-state index contributed by atoms with van der Waals surface area (Å²) in [6, 6.07) is 20.0. The van der Waals surface area contributed by atoms with Crippen LogP contribution in [0.2, 0.25) is 0 Å². The third kappa shape index (κ3) is 3.47. The van der Waals surface area contributed by atoms with E-state index in [0.29, 0.717) is 6.54 Å². The average Bonchev–Trinajstić information content (AvgIpc) is 2.68. The minimum atomic E-state index is -0.719. The van der Waals surface area contributed by atoms with E-state index >= 15 is 0 Å². The van der Waals surface area contributed by atoms with Crippen molar-refractivity contribution in [1.82, 2.24) is 4.90 Å². The van der Waals surface area contributed by atoms with Crippen LogP contribution < -0.4 is 0 Å². The molecule has 1 N–H and O–H groups in total. The second-order valence-electron chi connectivity index (χ2n) is 7.25. The fourth-order valence-corrected chi connectivity index (χ4v) is 3.86. The summed E-state index contributed by atoms with van der Waals surface area (Å²) < 4.78 is 0. The number of carbonyl (C=O) groups is 1. The van der Waals surface area contributed by atoms with Crippen molar-refractivity contribution in [2.45, 2.75) is 38.2 Å². The van der Waals surface area contributed by atoms with Crippen LogP contribution in [0.15, 0.2) is 60.7 Å². The Hall–Kier alpha value is -2.13. The Morgan fingerprint density at radius 1 is 1.08 bits per heavy atom. The van der Waals surface area contributed by atoms with Crippen LogP contribution in [0.3, 0.4) is 0 Å². The zero-order valence-corrected chi connectivity index (χ0v) is 15.1. The molecule has 1 heterocycles. The first-order valence-corrected chi connectivity index (χ1v) is 9.12. The third-order valence-corrected chi connectivity index (χ3v) is 5.56. The number of carbonyl (C=O) groups excluding carboxylic acids is 1. The number of benzene rings is 2. The number of aliphatic hydroxyl groups excluding tert-OH is 1. The average molecular weight is 337 g/mol. The van der Waals surface area contributed by atoms with E-state index in [9.17, 15) is 9.90 Å². The lowest BCUT2D eigenvalue weighted by molar-refractivity contribution is -0.138. The van der Waals surface area contributed by atoms with Crippen LogP contribution in [-0.4, -0.2) is 35.1 Å². The van der Waals surface area contributed by atoms with Crippen LogP contribution in [0.4, 0.5) is 0 Å². The minimum Gasteiger partial charge on any atom is -0.393 e. The molecule has 3 rings (SSSR count). The van der Waals surface area contributed by atoms with Crippen molar-refractivity contribution in [2.75, 3.05) is 13.1 Å². The van der Waals surface area contributed by atoms with Gasteiger partial charge in [-0.05, 0) is 37.8 Å². The molecule has 2 atom stereocenters. The maximum absolute atomic E-state index is 13.6. The van der Waals surface area contributed by atoms with E-state index in [-0.39, 0.29) is 17.9 Å². The zero-order chi connectivity index (χ0) is 17.9. The molecule has 0 aromatic heterocycles. The van der Waals surface area contributed by atoms with Gasteiger partial charge >= 0.3 is 0 Å². The summed E-state index contributed by atoms with van der Waals surface area (Å²) in [6.07, 6.45) is 1.55. The second-order valence-corrected chi connectivity index (χ2v) is 7.25. The number of nitrogens with zero attached hydrogens (tertiary/aromatic N) is 1. The molecule has 1 fully saturated rings. The lowest BCUT2D eigenvalue weighted by Gasteiger charge is -2.40. The fraction of sp³-hybridized carbons (Fsp3) is 0.409. The standard InChI is InChI=1S/C22H27NO2/c1-17(24)18-10-9-15-23(16-18)21(25)22(2,19-11-5-3-6-12-19)20-13-7-4-8-14-20/h3-8,11-14,17-18,24H,9-10,15-16H2,1-2H3. The van der Waals surface area contributed by atoms with E-state index in [1.807, 2.05) is 79.4 Å². The normalized spacial score (nSPS) is 19.5. The minimum absolute atomic E-state index is 0.121. The van der Waals surface area contributed by atoms with E-state index in [1.54, 1.807) is 0 Å². The fourth-order valence-electron chi connectivity index (χ4n) is 3.86. The maximum atomic E-state index is 13.6. The first-order valence-electron chi connectivity index (χ1n) is 9.12. The first-order chi connectivity index (χ1) is 12.0. The van der Waals surface area contributed by atoms with Gasteiger partial charge in [0.15, 0.2) is 0 Å². The van der Waals surface area contributed by atoms with Gasteiger partial charge in [-0.15, -0.1) is 0 Å². The van der Waals surface area contributed by atoms with Crippen LogP contribution in [0.5, 0.6) is 0 Å². The summed E-state index contributed by atoms with van der Waals surface area (Å²) >= 11 is 0. The van der Waals surface area contributed by atoms with Crippen LogP contribution in [0, 0.1) is 5.92 Å². The molecule has 25 heavy (non-hydrogen) atoms. The number of amides is 1. The van der Waals surface area contributed by atoms with Crippen LogP contribution in [0.25, 0.3) is 0 Å². The first kappa shape index (κ1) is 17.7. The van der Waals surface area contributed by atoms with Crippen molar-refractivity contribution < 1.29 is 9.90 Å². The SMILES string of the molecule is CC(O)C1CCCN(C(=O)C(C)(c2ccccc2)c2ccccc2)C1. The Morgan fingerprint density at radius 2 is 1.60 bits per heavy atom. The van der Waals surface area contributed by atoms with Crippen molar-refractivity contribution in [2.24, 2.45) is 5.92 Å². The quantitative estimate of drug-likeness (QED) is 0.926. The number of hydrogen-bond acceptors (Lipinski definition) is 2. The Balaban J connectivity index is 1.99. The van der Waals surface area contributed by atoms with Crippen LogP contribution in [0.1, 0.15) is 37.8 Å². The summed E-state index contributed by atoms with van der Waals surface area (Å²) in [5.41, 5.74) is 1.29. The van der Waals surface area contributed by atoms with Gasteiger partial charge in [-0.25, -0.2) is 0 Å². The monoisotopic (exact) mass is 337 g/mol. The molecule has 0 aliphatic carbocycles. The highest BCUT2D eigenvalue weighted by molar-refractivity contribution is 5.91. The van der Waals surface area contributed by atoms with Crippen molar-refractivity contribution in [3.8, 4) is 0 Å². The Kier molecular flexibility index (Phi) is 5.24. The molecule has 1 aliphatic rings. The van der Waals surface area contributed by atoms with Crippen molar-refractivity contribution in [3.05, 3.63) is 71.8 Å². The summed E-state index contributed by atoms with van der Waals surface area (Å²) in [4.78, 5) is 15.6. The molecule has 0 bridgehead atoms. The van der Waals surface area contributed by atoms with Gasteiger partial charge in [0.2, 0.25) is 5.91 Å². The topological polar surface area (TPSA) is 40.5 Å². The van der Waals surface area contributed by atoms with E-state index in [1.165, 1.54) is 0 Å². The molecule has 0 spiro atoms. The summed E-state index contributed by atoms with van der Waals surface area (Å²) in [6.45, 7) is 5.24. The molecular formula is C22H27NO2. The number of aliphatic hydroxyl groups is 1. The van der Waals surface area contributed by atoms with Crippen molar-refractivity contribution in [3.63, 3.8) is 0 Å². The van der Waals surface area contributed by atoms with Gasteiger partial charge in [0.1, 0.15) is 0 Å². The second kappa shape index (κ2) is 7.40. The van der Waals surface area contributed by atoms with E-state index in [4.69, 9.17) is 0 Å². The van der Waals surface area contributed by atoms with E-state index < -0.39 is 5.41 Å². The number of likely N-dealkylation sites (tertiary alicyclic amines) is 1. The highest BCUT2D eigenvalue weighted by Gasteiger charge is 2.41. The van der Waals surface area contributed by atoms with Crippen LogP contribution >= 0.6 is 0 Å². The molecular weight excluding hydrogens is 310 g/mol. The van der Waals surface area contributed by atoms with Gasteiger partial charge in [-0.1, -0.05) is 60.7 Å². The third-order valence-electron chi connectivity index (χ3n) is 5.56. The van der Waals surface area contributed by atoms with Gasteiger partial charge in [-0.2, -0.15) is 0 Å². The largest absolute Gasteiger partial charge is 0.393 e. The van der Waals surface area contributed by atoms with Gasteiger partial charge in [0.25, 0.3) is 0 Å². The highest BCUT2D eigenvalue weighted by Crippen LogP contribution is 2.35. The summed E-state index contributed by atoms with van der Waals surface area (Å²) in [5, 5.41) is 9.98. The van der Waals surface area contributed by atoms with Gasteiger partial charge < -0.3 is 10.0 Å². The molecule has 1 aliphatic heterocycles. The smallest absolute Gasteiger partial charge is 0.237 e. The van der Waals surface area contributed by atoms with Crippen molar-refractivity contribution >= 4 is 5.91 Å². The predicted molar refractivity (Wildman–Crippen MR) is 100 cm³/mol. The lowest BCUT2D eigenvalue weighted by atomic mass is 9.74. The molecule has 132 valence electrons. The molecule has 2 aromatic rings. The summed E-state index contributed by atoms with van der Waals surface area (Å²) in [7, 11) is 0. The molecule has 0 radical (unpaired) electrons. The van der Waals surface area contributed by atoms with E-state index in [0.717, 1.165) is 30.5 Å². The number of rotatable bonds is 4. The lowest BCUT2D eigenvalue weighted by Crippen LogP contribution is -2.51. The van der Waals surface area contributed by atoms with Crippen LogP contribution in [-0.2, 0) is 10.2 Å². The molecule has 3 nitrogen and oxygen atoms in total. The summed E-state index contributed by atoms with van der Waals surface area (Å²) in [5.74, 6) is 0.281. The van der Waals surface area contributed by atoms with Gasteiger partial charge in [0, 0.05) is 19.0 Å². The Bertz CT molecular complexity index is 657. The molecule has 1 amide bonds. The molecule has 1 saturated heterocycles. The van der Waals surface area contributed by atoms with Gasteiger partial charge in [0.05, 0.1) is 11.5 Å². The Labute approximate surface area is 150 Å². The Morgan fingerprint density at radius 3 is 2.08 bits per heavy atom. The molecule has 2 aromatic carbocycles. The van der Waals surface area contributed by atoms with Crippen molar-refractivity contribution in [1.29, 1.82) is 0 Å². The zero-order valence-electron chi connectivity index (χ0n) is 15.1. The number of piperidine rings is 1. The molecule has 3 heteroatoms. The van der Waals surface area contributed by atoms with Gasteiger partial charge in [-0.3, -0.25) is 4.79 Å². The predicted octanol–water partition coefficient (Wildman–Crippen LogP) is 3.61.